The van der Waals surface area contributed by atoms with Crippen LogP contribution in [0.4, 0.5) is 5.95 Å². The highest BCUT2D eigenvalue weighted by Gasteiger charge is 2.05. The summed E-state index contributed by atoms with van der Waals surface area (Å²) in [4.78, 5) is 7.78. The van der Waals surface area contributed by atoms with E-state index in [-0.39, 0.29) is 24.1 Å². The van der Waals surface area contributed by atoms with Gasteiger partial charge in [-0.3, -0.25) is 4.21 Å². The van der Waals surface area contributed by atoms with E-state index in [1.54, 1.807) is 24.5 Å². The van der Waals surface area contributed by atoms with Crippen LogP contribution in [0.5, 0.6) is 0 Å². The molecule has 0 spiro atoms. The Labute approximate surface area is 113 Å². The molecule has 0 aliphatic carbocycles. The molecule has 1 aromatic carbocycles. The molecular formula is C11H11ClN3O2S-. The lowest BCUT2D eigenvalue weighted by Crippen LogP contribution is -1.98. The maximum atomic E-state index is 10.8. The molecule has 1 unspecified atom stereocenters. The van der Waals surface area contributed by atoms with Gasteiger partial charge in [0.2, 0.25) is 5.95 Å². The van der Waals surface area contributed by atoms with Crippen molar-refractivity contribution in [3.8, 4) is 11.1 Å². The molecule has 96 valence electrons. The monoisotopic (exact) mass is 284 g/mol. The van der Waals surface area contributed by atoms with Gasteiger partial charge in [0, 0.05) is 23.7 Å². The van der Waals surface area contributed by atoms with Crippen LogP contribution in [0.2, 0.25) is 0 Å². The first-order chi connectivity index (χ1) is 8.16. The summed E-state index contributed by atoms with van der Waals surface area (Å²) >= 11 is -2.12. The summed E-state index contributed by atoms with van der Waals surface area (Å²) < 4.78 is 21.5. The number of hydrogen-bond acceptors (Lipinski definition) is 5. The first-order valence-electron chi connectivity index (χ1n) is 4.88. The molecule has 1 heterocycles. The molecule has 1 atom stereocenters. The number of anilines is 1. The Morgan fingerprint density at radius 1 is 1.22 bits per heavy atom. The number of nitrogen functional groups attached to an aromatic ring is 1. The number of hydrogen-bond donors (Lipinski definition) is 1. The fourth-order valence-corrected chi connectivity index (χ4v) is 2.04. The third-order valence-corrected chi connectivity index (χ3v) is 2.82. The molecule has 0 amide bonds. The molecule has 0 saturated carbocycles. The number of nitrogens with zero attached hydrogens (tertiary/aromatic N) is 2. The van der Waals surface area contributed by atoms with Crippen LogP contribution in [-0.4, -0.2) is 18.7 Å². The molecule has 0 aliphatic heterocycles. The molecule has 2 N–H and O–H groups in total. The molecule has 5 nitrogen and oxygen atoms in total. The molecule has 18 heavy (non-hydrogen) atoms. The minimum atomic E-state index is -2.12. The number of rotatable bonds is 3. The Morgan fingerprint density at radius 2 is 1.83 bits per heavy atom. The van der Waals surface area contributed by atoms with E-state index in [2.05, 4.69) is 9.97 Å². The summed E-state index contributed by atoms with van der Waals surface area (Å²) in [6.45, 7) is 0. The molecule has 2 rings (SSSR count). The van der Waals surface area contributed by atoms with Gasteiger partial charge in [-0.1, -0.05) is 35.3 Å². The molecule has 0 fully saturated rings. The average molecular weight is 285 g/mol. The van der Waals surface area contributed by atoms with Crippen LogP contribution in [0.15, 0.2) is 36.7 Å². The van der Waals surface area contributed by atoms with Crippen LogP contribution in [0.1, 0.15) is 5.56 Å². The third kappa shape index (κ3) is 3.49. The summed E-state index contributed by atoms with van der Waals surface area (Å²) in [7, 11) is 0. The van der Waals surface area contributed by atoms with Crippen molar-refractivity contribution in [2.75, 3.05) is 5.73 Å². The Kier molecular flexibility index (Phi) is 5.21. The van der Waals surface area contributed by atoms with Crippen molar-refractivity contribution in [3.05, 3.63) is 42.2 Å². The maximum Gasteiger partial charge on any atom is 0.219 e. The van der Waals surface area contributed by atoms with Gasteiger partial charge in [0.15, 0.2) is 0 Å². The average Bonchev–Trinajstić information content (AvgIpc) is 2.30. The van der Waals surface area contributed by atoms with Crippen molar-refractivity contribution in [1.82, 2.24) is 9.97 Å². The quantitative estimate of drug-likeness (QED) is 0.863. The Morgan fingerprint density at radius 3 is 2.44 bits per heavy atom. The zero-order valence-corrected chi connectivity index (χ0v) is 10.9. The first-order valence-corrected chi connectivity index (χ1v) is 6.13. The summed E-state index contributed by atoms with van der Waals surface area (Å²) in [6, 6.07) is 7.23. The van der Waals surface area contributed by atoms with Gasteiger partial charge < -0.3 is 10.3 Å². The van der Waals surface area contributed by atoms with E-state index in [4.69, 9.17) is 5.73 Å². The van der Waals surface area contributed by atoms with E-state index < -0.39 is 11.1 Å². The van der Waals surface area contributed by atoms with E-state index in [9.17, 15) is 8.76 Å². The maximum absolute atomic E-state index is 10.8. The predicted octanol–water partition coefficient (Wildman–Crippen LogP) is 1.53. The normalized spacial score (nSPS) is 11.6. The van der Waals surface area contributed by atoms with Gasteiger partial charge in [-0.2, -0.15) is 0 Å². The van der Waals surface area contributed by atoms with Gasteiger partial charge in [0.1, 0.15) is 0 Å². The highest BCUT2D eigenvalue weighted by atomic mass is 35.5. The first kappa shape index (κ1) is 14.6. The van der Waals surface area contributed by atoms with Crippen LogP contribution in [-0.2, 0) is 16.8 Å². The lowest BCUT2D eigenvalue weighted by Gasteiger charge is -2.10. The largest absolute Gasteiger partial charge is 0.772 e. The Hall–Kier alpha value is -1.50. The van der Waals surface area contributed by atoms with Gasteiger partial charge in [0.05, 0.1) is 0 Å². The van der Waals surface area contributed by atoms with Gasteiger partial charge in [-0.25, -0.2) is 9.97 Å². The second-order valence-corrected chi connectivity index (χ2v) is 4.33. The van der Waals surface area contributed by atoms with Crippen LogP contribution in [0.25, 0.3) is 11.1 Å². The standard InChI is InChI=1S/C11H11N3O2S.ClH/c12-11-13-5-9(6-14-11)10-4-2-1-3-8(10)7-17(15)16;/h1-6H,7H2,(H,15,16)(H2,12,13,14);1H/p-1. The molecule has 0 aliphatic rings. The molecule has 0 radical (unpaired) electrons. The molecule has 1 aromatic heterocycles. The predicted molar refractivity (Wildman–Crippen MR) is 71.8 cm³/mol. The van der Waals surface area contributed by atoms with Crippen molar-refractivity contribution >= 4 is 29.4 Å². The summed E-state index contributed by atoms with van der Waals surface area (Å²) in [5.74, 6) is 0.166. The van der Waals surface area contributed by atoms with Crippen LogP contribution in [0, 0.1) is 0 Å². The van der Waals surface area contributed by atoms with Gasteiger partial charge >= 0.3 is 0 Å². The van der Waals surface area contributed by atoms with E-state index in [1.807, 2.05) is 12.1 Å². The zero-order chi connectivity index (χ0) is 12.3. The Bertz CT molecular complexity index is 548. The highest BCUT2D eigenvalue weighted by molar-refractivity contribution is 7.78. The van der Waals surface area contributed by atoms with Crippen molar-refractivity contribution < 1.29 is 8.76 Å². The smallest absolute Gasteiger partial charge is 0.219 e. The van der Waals surface area contributed by atoms with Crippen molar-refractivity contribution in [2.24, 2.45) is 0 Å². The number of nitrogens with two attached hydrogens (primary N) is 1. The van der Waals surface area contributed by atoms with Crippen molar-refractivity contribution in [1.29, 1.82) is 0 Å². The highest BCUT2D eigenvalue weighted by Crippen LogP contribution is 2.23. The van der Waals surface area contributed by atoms with E-state index in [0.717, 1.165) is 11.1 Å². The zero-order valence-electron chi connectivity index (χ0n) is 9.28. The second kappa shape index (κ2) is 6.44. The summed E-state index contributed by atoms with van der Waals surface area (Å²) in [6.07, 6.45) is 3.16. The fraction of sp³-hybridized carbons (Fsp3) is 0.0909. The van der Waals surface area contributed by atoms with Crippen LogP contribution in [0.3, 0.4) is 0 Å². The number of halogens is 1. The topological polar surface area (TPSA) is 91.9 Å². The SMILES string of the molecule is Cl.Nc1ncc(-c2ccccc2CS(=O)[O-])cn1. The van der Waals surface area contributed by atoms with Crippen LogP contribution < -0.4 is 5.73 Å². The minimum absolute atomic E-state index is 0. The van der Waals surface area contributed by atoms with Crippen molar-refractivity contribution in [3.63, 3.8) is 0 Å². The lowest BCUT2D eigenvalue weighted by molar-refractivity contribution is 0.536. The molecule has 0 saturated heterocycles. The summed E-state index contributed by atoms with van der Waals surface area (Å²) in [5, 5.41) is 0. The summed E-state index contributed by atoms with van der Waals surface area (Å²) in [5.41, 5.74) is 7.67. The molecular weight excluding hydrogens is 274 g/mol. The Balaban J connectivity index is 0.00000162. The van der Waals surface area contributed by atoms with E-state index in [1.165, 1.54) is 0 Å². The van der Waals surface area contributed by atoms with E-state index >= 15 is 0 Å². The third-order valence-electron chi connectivity index (χ3n) is 2.27. The molecule has 0 bridgehead atoms. The molecule has 7 heteroatoms. The molecule has 2 aromatic rings. The van der Waals surface area contributed by atoms with Crippen molar-refractivity contribution in [2.45, 2.75) is 5.75 Å². The van der Waals surface area contributed by atoms with E-state index in [0.29, 0.717) is 5.56 Å². The minimum Gasteiger partial charge on any atom is -0.772 e. The number of benzene rings is 1. The van der Waals surface area contributed by atoms with Crippen LogP contribution >= 0.6 is 12.4 Å². The fourth-order valence-electron chi connectivity index (χ4n) is 1.53. The number of aromatic nitrogens is 2. The van der Waals surface area contributed by atoms with Gasteiger partial charge in [-0.15, -0.1) is 12.4 Å². The second-order valence-electron chi connectivity index (χ2n) is 3.44. The van der Waals surface area contributed by atoms with Gasteiger partial charge in [0.25, 0.3) is 0 Å². The lowest BCUT2D eigenvalue weighted by atomic mass is 10.0. The van der Waals surface area contributed by atoms with Gasteiger partial charge in [-0.05, 0) is 11.1 Å².